The zero-order chi connectivity index (χ0) is 15.7. The molecule has 0 bridgehead atoms. The van der Waals surface area contributed by atoms with Crippen LogP contribution in [0.4, 0.5) is 5.82 Å². The number of aromatic nitrogens is 2. The lowest BCUT2D eigenvalue weighted by Crippen LogP contribution is -2.49. The average molecular weight is 324 g/mol. The Kier molecular flexibility index (Phi) is 4.36. The summed E-state index contributed by atoms with van der Waals surface area (Å²) in [5.41, 5.74) is 0. The largest absolute Gasteiger partial charge is 0.355 e. The third-order valence-corrected chi connectivity index (χ3v) is 6.20. The maximum atomic E-state index is 12.0. The smallest absolute Gasteiger partial charge is 0.214 e. The van der Waals surface area contributed by atoms with Crippen molar-refractivity contribution in [1.29, 1.82) is 0 Å². The van der Waals surface area contributed by atoms with Crippen molar-refractivity contribution in [2.45, 2.75) is 56.7 Å². The lowest BCUT2D eigenvalue weighted by atomic mass is 10.1. The quantitative estimate of drug-likeness (QED) is 0.891. The minimum atomic E-state index is -3.22. The van der Waals surface area contributed by atoms with Crippen molar-refractivity contribution in [3.05, 3.63) is 18.1 Å². The minimum absolute atomic E-state index is 0.0412. The van der Waals surface area contributed by atoms with Crippen molar-refractivity contribution in [3.8, 4) is 0 Å². The Labute approximate surface area is 132 Å². The molecule has 122 valence electrons. The summed E-state index contributed by atoms with van der Waals surface area (Å²) in [6.07, 6.45) is 6.02. The fraction of sp³-hybridized carbons (Fsp3) is 0.733. The molecule has 2 fully saturated rings. The van der Waals surface area contributed by atoms with Gasteiger partial charge in [-0.05, 0) is 45.6 Å². The molecular formula is C15H24N4O2S. The number of piperidine rings is 1. The molecule has 1 aliphatic heterocycles. The summed E-state index contributed by atoms with van der Waals surface area (Å²) >= 11 is 0. The second-order valence-electron chi connectivity index (χ2n) is 6.54. The number of hydrogen-bond acceptors (Lipinski definition) is 5. The van der Waals surface area contributed by atoms with Crippen LogP contribution in [-0.4, -0.2) is 42.8 Å². The Balaban J connectivity index is 1.69. The first-order valence-corrected chi connectivity index (χ1v) is 9.59. The third-order valence-electron chi connectivity index (χ3n) is 4.30. The Bertz CT molecular complexity index is 628. The molecule has 1 saturated carbocycles. The van der Waals surface area contributed by atoms with Gasteiger partial charge in [-0.1, -0.05) is 0 Å². The van der Waals surface area contributed by atoms with Crippen LogP contribution in [0.1, 0.15) is 51.3 Å². The first-order valence-electron chi connectivity index (χ1n) is 8.05. The second kappa shape index (κ2) is 6.12. The molecule has 1 atom stereocenters. The van der Waals surface area contributed by atoms with Gasteiger partial charge in [-0.15, -0.1) is 0 Å². The standard InChI is InChI=1S/C15H24N4O2S/c1-11(2)22(20,21)18-13-4-3-9-19(10-13)14-7-8-16-15(17-14)12-5-6-12/h7-8,11-13,18H,3-6,9-10H2,1-2H3. The highest BCUT2D eigenvalue weighted by Crippen LogP contribution is 2.38. The van der Waals surface area contributed by atoms with Gasteiger partial charge in [0, 0.05) is 31.2 Å². The van der Waals surface area contributed by atoms with Crippen molar-refractivity contribution in [2.24, 2.45) is 0 Å². The van der Waals surface area contributed by atoms with E-state index in [2.05, 4.69) is 19.6 Å². The molecular weight excluding hydrogens is 300 g/mol. The van der Waals surface area contributed by atoms with E-state index in [-0.39, 0.29) is 6.04 Å². The molecule has 0 radical (unpaired) electrons. The van der Waals surface area contributed by atoms with Crippen molar-refractivity contribution >= 4 is 15.8 Å². The highest BCUT2D eigenvalue weighted by atomic mass is 32.2. The summed E-state index contributed by atoms with van der Waals surface area (Å²) in [4.78, 5) is 11.2. The van der Waals surface area contributed by atoms with Crippen molar-refractivity contribution < 1.29 is 8.42 Å². The summed E-state index contributed by atoms with van der Waals surface area (Å²) < 4.78 is 26.9. The van der Waals surface area contributed by atoms with E-state index in [1.54, 1.807) is 13.8 Å². The van der Waals surface area contributed by atoms with Gasteiger partial charge in [0.2, 0.25) is 10.0 Å². The number of sulfonamides is 1. The molecule has 7 heteroatoms. The highest BCUT2D eigenvalue weighted by Gasteiger charge is 2.29. The molecule has 22 heavy (non-hydrogen) atoms. The van der Waals surface area contributed by atoms with Gasteiger partial charge in [-0.3, -0.25) is 0 Å². The van der Waals surface area contributed by atoms with Crippen molar-refractivity contribution in [1.82, 2.24) is 14.7 Å². The van der Waals surface area contributed by atoms with Gasteiger partial charge < -0.3 is 4.90 Å². The van der Waals surface area contributed by atoms with Crippen LogP contribution in [0.2, 0.25) is 0 Å². The summed E-state index contributed by atoms with van der Waals surface area (Å²) in [6, 6.07) is 1.88. The van der Waals surface area contributed by atoms with Gasteiger partial charge in [0.25, 0.3) is 0 Å². The molecule has 1 saturated heterocycles. The zero-order valence-electron chi connectivity index (χ0n) is 13.2. The molecule has 0 spiro atoms. The van der Waals surface area contributed by atoms with E-state index >= 15 is 0 Å². The molecule has 0 amide bonds. The van der Waals surface area contributed by atoms with E-state index in [1.807, 2.05) is 12.3 Å². The predicted octanol–water partition coefficient (Wildman–Crippen LogP) is 1.65. The summed E-state index contributed by atoms with van der Waals surface area (Å²) in [7, 11) is -3.22. The molecule has 2 aliphatic rings. The topological polar surface area (TPSA) is 75.2 Å². The molecule has 1 aromatic heterocycles. The molecule has 1 aliphatic carbocycles. The van der Waals surface area contributed by atoms with E-state index in [9.17, 15) is 8.42 Å². The van der Waals surface area contributed by atoms with Gasteiger partial charge in [-0.25, -0.2) is 23.1 Å². The molecule has 1 unspecified atom stereocenters. The van der Waals surface area contributed by atoms with Crippen LogP contribution < -0.4 is 9.62 Å². The SMILES string of the molecule is CC(C)S(=O)(=O)NC1CCCN(c2ccnc(C3CC3)n2)C1. The molecule has 1 aromatic rings. The summed E-state index contributed by atoms with van der Waals surface area (Å²) in [5, 5.41) is -0.400. The lowest BCUT2D eigenvalue weighted by Gasteiger charge is -2.34. The number of nitrogens with one attached hydrogen (secondary N) is 1. The number of rotatable bonds is 5. The van der Waals surface area contributed by atoms with Crippen LogP contribution in [-0.2, 0) is 10.0 Å². The van der Waals surface area contributed by atoms with Gasteiger partial charge in [0.15, 0.2) is 0 Å². The van der Waals surface area contributed by atoms with Crippen molar-refractivity contribution in [3.63, 3.8) is 0 Å². The molecule has 3 rings (SSSR count). The Morgan fingerprint density at radius 2 is 2.09 bits per heavy atom. The summed E-state index contributed by atoms with van der Waals surface area (Å²) in [6.45, 7) is 5.00. The summed E-state index contributed by atoms with van der Waals surface area (Å²) in [5.74, 6) is 2.38. The number of anilines is 1. The first-order chi connectivity index (χ1) is 10.5. The van der Waals surface area contributed by atoms with Crippen LogP contribution >= 0.6 is 0 Å². The van der Waals surface area contributed by atoms with Crippen LogP contribution in [0.25, 0.3) is 0 Å². The van der Waals surface area contributed by atoms with E-state index < -0.39 is 15.3 Å². The first kappa shape index (κ1) is 15.7. The predicted molar refractivity (Wildman–Crippen MR) is 86.4 cm³/mol. The van der Waals surface area contributed by atoms with Gasteiger partial charge >= 0.3 is 0 Å². The average Bonchev–Trinajstić information content (AvgIpc) is 3.32. The molecule has 0 aromatic carbocycles. The van der Waals surface area contributed by atoms with Gasteiger partial charge in [0.1, 0.15) is 11.6 Å². The van der Waals surface area contributed by atoms with Crippen molar-refractivity contribution in [2.75, 3.05) is 18.0 Å². The fourth-order valence-electron chi connectivity index (χ4n) is 2.73. The second-order valence-corrected chi connectivity index (χ2v) is 8.81. The zero-order valence-corrected chi connectivity index (χ0v) is 14.0. The monoisotopic (exact) mass is 324 g/mol. The van der Waals surface area contributed by atoms with E-state index in [1.165, 1.54) is 12.8 Å². The number of hydrogen-bond donors (Lipinski definition) is 1. The highest BCUT2D eigenvalue weighted by molar-refractivity contribution is 7.90. The van der Waals surface area contributed by atoms with Crippen LogP contribution in [0.3, 0.4) is 0 Å². The maximum absolute atomic E-state index is 12.0. The maximum Gasteiger partial charge on any atom is 0.214 e. The Morgan fingerprint density at radius 1 is 1.32 bits per heavy atom. The van der Waals surface area contributed by atoms with Gasteiger partial charge in [0.05, 0.1) is 5.25 Å². The Morgan fingerprint density at radius 3 is 2.77 bits per heavy atom. The molecule has 6 nitrogen and oxygen atoms in total. The Hall–Kier alpha value is -1.21. The van der Waals surface area contributed by atoms with E-state index in [0.29, 0.717) is 12.5 Å². The molecule has 1 N–H and O–H groups in total. The fourth-order valence-corrected chi connectivity index (χ4v) is 3.66. The lowest BCUT2D eigenvalue weighted by molar-refractivity contribution is 0.461. The molecule has 2 heterocycles. The van der Waals surface area contributed by atoms with E-state index in [0.717, 1.165) is 31.0 Å². The van der Waals surface area contributed by atoms with Crippen LogP contribution in [0.15, 0.2) is 12.3 Å². The van der Waals surface area contributed by atoms with Gasteiger partial charge in [-0.2, -0.15) is 0 Å². The minimum Gasteiger partial charge on any atom is -0.355 e. The van der Waals surface area contributed by atoms with E-state index in [4.69, 9.17) is 0 Å². The van der Waals surface area contributed by atoms with Crippen LogP contribution in [0, 0.1) is 0 Å². The normalized spacial score (nSPS) is 23.0. The van der Waals surface area contributed by atoms with Crippen LogP contribution in [0.5, 0.6) is 0 Å². The third kappa shape index (κ3) is 3.57. The number of nitrogens with zero attached hydrogens (tertiary/aromatic N) is 3.